The van der Waals surface area contributed by atoms with Crippen LogP contribution in [0, 0.1) is 5.82 Å². The fraction of sp³-hybridized carbons (Fsp3) is 0.310. The van der Waals surface area contributed by atoms with Crippen LogP contribution in [0.1, 0.15) is 24.4 Å². The summed E-state index contributed by atoms with van der Waals surface area (Å²) < 4.78 is 21.1. The summed E-state index contributed by atoms with van der Waals surface area (Å²) in [5.41, 5.74) is 3.31. The van der Waals surface area contributed by atoms with E-state index in [0.29, 0.717) is 35.4 Å². The Morgan fingerprint density at radius 1 is 1.05 bits per heavy atom. The summed E-state index contributed by atoms with van der Waals surface area (Å²) in [6, 6.07) is 19.3. The Hall–Kier alpha value is -4.31. The first-order chi connectivity index (χ1) is 18.9. The summed E-state index contributed by atoms with van der Waals surface area (Å²) in [6.07, 6.45) is 1.74. The van der Waals surface area contributed by atoms with Gasteiger partial charge in [-0.25, -0.2) is 9.07 Å². The van der Waals surface area contributed by atoms with Crippen LogP contribution in [0.25, 0.3) is 11.0 Å². The van der Waals surface area contributed by atoms with Crippen LogP contribution in [-0.4, -0.2) is 60.2 Å². The maximum Gasteiger partial charge on any atom is 0.249 e. The Morgan fingerprint density at radius 3 is 2.46 bits per heavy atom. The molecule has 3 aromatic carbocycles. The number of nitrogens with zero attached hydrogens (tertiary/aromatic N) is 5. The predicted octanol–water partition coefficient (Wildman–Crippen LogP) is 3.71. The highest BCUT2D eigenvalue weighted by Crippen LogP contribution is 2.30. The molecule has 0 saturated carbocycles. The second-order valence-corrected chi connectivity index (χ2v) is 9.74. The van der Waals surface area contributed by atoms with Gasteiger partial charge in [0, 0.05) is 38.6 Å². The zero-order valence-electron chi connectivity index (χ0n) is 22.0. The third-order valence-electron chi connectivity index (χ3n) is 6.84. The molecule has 39 heavy (non-hydrogen) atoms. The van der Waals surface area contributed by atoms with Crippen molar-refractivity contribution in [3.8, 4) is 0 Å². The van der Waals surface area contributed by atoms with E-state index < -0.39 is 17.8 Å². The maximum absolute atomic E-state index is 14.0. The molecule has 2 heterocycles. The molecule has 1 saturated heterocycles. The van der Waals surface area contributed by atoms with E-state index in [1.54, 1.807) is 0 Å². The predicted molar refractivity (Wildman–Crippen MR) is 147 cm³/mol. The molecular weight excluding hydrogens is 499 g/mol. The summed E-state index contributed by atoms with van der Waals surface area (Å²) in [5.74, 6) is -1.20. The van der Waals surface area contributed by atoms with E-state index in [4.69, 9.17) is 4.74 Å². The number of anilines is 2. The molecule has 2 atom stereocenters. The van der Waals surface area contributed by atoms with Gasteiger partial charge >= 0.3 is 0 Å². The Morgan fingerprint density at radius 2 is 1.77 bits per heavy atom. The van der Waals surface area contributed by atoms with Crippen molar-refractivity contribution in [3.63, 3.8) is 0 Å². The van der Waals surface area contributed by atoms with Crippen LogP contribution in [-0.2, 0) is 20.9 Å². The summed E-state index contributed by atoms with van der Waals surface area (Å²) >= 11 is 0. The zero-order chi connectivity index (χ0) is 27.4. The number of fused-ring (bicyclic) bond motifs is 1. The first kappa shape index (κ1) is 26.3. The minimum atomic E-state index is -1.02. The number of hydrogen-bond donors (Lipinski definition) is 1. The van der Waals surface area contributed by atoms with E-state index in [1.807, 2.05) is 67.5 Å². The Bertz CT molecular complexity index is 1430. The van der Waals surface area contributed by atoms with Gasteiger partial charge < -0.3 is 15.0 Å². The smallest absolute Gasteiger partial charge is 0.249 e. The maximum atomic E-state index is 14.0. The van der Waals surface area contributed by atoms with E-state index in [0.717, 1.165) is 18.5 Å². The second-order valence-electron chi connectivity index (χ2n) is 9.74. The Labute approximate surface area is 226 Å². The number of ether oxygens (including phenoxy) is 1. The van der Waals surface area contributed by atoms with E-state index >= 15 is 0 Å². The fourth-order valence-corrected chi connectivity index (χ4v) is 4.77. The van der Waals surface area contributed by atoms with Gasteiger partial charge in [0.15, 0.2) is 0 Å². The summed E-state index contributed by atoms with van der Waals surface area (Å²) in [7, 11) is 3.86. The molecular formula is C29H31FN6O3. The lowest BCUT2D eigenvalue weighted by atomic mass is 10.0. The van der Waals surface area contributed by atoms with Crippen LogP contribution < -0.4 is 15.1 Å². The number of aromatic nitrogens is 3. The number of carbonyl (C=O) groups excluding carboxylic acids is 2. The molecule has 2 amide bonds. The standard InChI is InChI=1S/C29H31FN6O3/c1-34(2)22-13-9-20(10-14-22)28(29(38)31-18-24-6-5-17-39-24)36(23-15-11-21(30)12-16-23)27(37)19-35-26-8-4-3-7-25(26)32-33-35/h3-4,7-16,24,28H,5-6,17-19H2,1-2H3,(H,31,38). The molecule has 0 radical (unpaired) electrons. The topological polar surface area (TPSA) is 92.6 Å². The minimum absolute atomic E-state index is 0.0674. The molecule has 10 heteroatoms. The molecule has 0 spiro atoms. The normalized spacial score (nSPS) is 15.7. The van der Waals surface area contributed by atoms with Gasteiger partial charge in [-0.05, 0) is 66.9 Å². The Balaban J connectivity index is 1.54. The van der Waals surface area contributed by atoms with Crippen molar-refractivity contribution >= 4 is 34.2 Å². The quantitative estimate of drug-likeness (QED) is 0.355. The van der Waals surface area contributed by atoms with Crippen molar-refractivity contribution < 1.29 is 18.7 Å². The first-order valence-electron chi connectivity index (χ1n) is 12.9. The van der Waals surface area contributed by atoms with Crippen molar-refractivity contribution in [2.45, 2.75) is 31.5 Å². The van der Waals surface area contributed by atoms with Crippen LogP contribution >= 0.6 is 0 Å². The zero-order valence-corrected chi connectivity index (χ0v) is 22.0. The van der Waals surface area contributed by atoms with Crippen molar-refractivity contribution in [2.75, 3.05) is 37.0 Å². The van der Waals surface area contributed by atoms with Gasteiger partial charge in [0.1, 0.15) is 23.9 Å². The highest BCUT2D eigenvalue weighted by atomic mass is 19.1. The average Bonchev–Trinajstić information content (AvgIpc) is 3.61. The van der Waals surface area contributed by atoms with Gasteiger partial charge in [-0.2, -0.15) is 0 Å². The molecule has 0 bridgehead atoms. The van der Waals surface area contributed by atoms with E-state index in [-0.39, 0.29) is 18.6 Å². The second kappa shape index (κ2) is 11.6. The molecule has 1 aromatic heterocycles. The minimum Gasteiger partial charge on any atom is -0.378 e. The van der Waals surface area contributed by atoms with Crippen molar-refractivity contribution in [3.05, 3.63) is 84.2 Å². The van der Waals surface area contributed by atoms with Crippen LogP contribution in [0.2, 0.25) is 0 Å². The number of hydrogen-bond acceptors (Lipinski definition) is 6. The molecule has 1 fully saturated rings. The third-order valence-corrected chi connectivity index (χ3v) is 6.84. The van der Waals surface area contributed by atoms with Gasteiger partial charge in [0.05, 0.1) is 11.6 Å². The van der Waals surface area contributed by atoms with E-state index in [1.165, 1.54) is 33.8 Å². The monoisotopic (exact) mass is 530 g/mol. The molecule has 1 aliphatic heterocycles. The molecule has 202 valence electrons. The van der Waals surface area contributed by atoms with Crippen molar-refractivity contribution in [1.29, 1.82) is 0 Å². The third kappa shape index (κ3) is 5.91. The van der Waals surface area contributed by atoms with Gasteiger partial charge in [-0.3, -0.25) is 14.5 Å². The van der Waals surface area contributed by atoms with E-state index in [2.05, 4.69) is 15.6 Å². The number of carbonyl (C=O) groups is 2. The summed E-state index contributed by atoms with van der Waals surface area (Å²) in [5, 5.41) is 11.3. The van der Waals surface area contributed by atoms with Crippen LogP contribution in [0.15, 0.2) is 72.8 Å². The largest absolute Gasteiger partial charge is 0.378 e. The molecule has 2 unspecified atom stereocenters. The lowest BCUT2D eigenvalue weighted by Gasteiger charge is -2.32. The number of nitrogens with one attached hydrogen (secondary N) is 1. The molecule has 5 rings (SSSR count). The summed E-state index contributed by atoms with van der Waals surface area (Å²) in [6.45, 7) is 0.843. The number of rotatable bonds is 9. The lowest BCUT2D eigenvalue weighted by molar-refractivity contribution is -0.127. The van der Waals surface area contributed by atoms with Gasteiger partial charge in [-0.15, -0.1) is 5.10 Å². The average molecular weight is 531 g/mol. The first-order valence-corrected chi connectivity index (χ1v) is 12.9. The van der Waals surface area contributed by atoms with Crippen LogP contribution in [0.3, 0.4) is 0 Å². The number of amides is 2. The van der Waals surface area contributed by atoms with Gasteiger partial charge in [0.25, 0.3) is 0 Å². The molecule has 0 aliphatic carbocycles. The Kier molecular flexibility index (Phi) is 7.83. The highest BCUT2D eigenvalue weighted by molar-refractivity contribution is 6.01. The van der Waals surface area contributed by atoms with Gasteiger partial charge in [-0.1, -0.05) is 29.5 Å². The summed E-state index contributed by atoms with van der Waals surface area (Å²) in [4.78, 5) is 31.2. The lowest BCUT2D eigenvalue weighted by Crippen LogP contribution is -2.46. The molecule has 9 nitrogen and oxygen atoms in total. The van der Waals surface area contributed by atoms with Crippen LogP contribution in [0.5, 0.6) is 0 Å². The molecule has 4 aromatic rings. The van der Waals surface area contributed by atoms with Crippen molar-refractivity contribution in [1.82, 2.24) is 20.3 Å². The number of halogens is 1. The van der Waals surface area contributed by atoms with Crippen LogP contribution in [0.4, 0.5) is 15.8 Å². The van der Waals surface area contributed by atoms with E-state index in [9.17, 15) is 14.0 Å². The fourth-order valence-electron chi connectivity index (χ4n) is 4.77. The molecule has 1 aliphatic rings. The number of benzene rings is 3. The highest BCUT2D eigenvalue weighted by Gasteiger charge is 2.34. The number of para-hydroxylation sites is 1. The van der Waals surface area contributed by atoms with Crippen molar-refractivity contribution in [2.24, 2.45) is 0 Å². The SMILES string of the molecule is CN(C)c1ccc(C(C(=O)NCC2CCCO2)N(C(=O)Cn2nnc3ccccc32)c2ccc(F)cc2)cc1. The molecule has 1 N–H and O–H groups in total. The van der Waals surface area contributed by atoms with Gasteiger partial charge in [0.2, 0.25) is 11.8 Å².